The van der Waals surface area contributed by atoms with Crippen LogP contribution >= 0.6 is 0 Å². The zero-order valence-corrected chi connectivity index (χ0v) is 11.7. The minimum atomic E-state index is 0.0562. The molecule has 1 heterocycles. The predicted octanol–water partition coefficient (Wildman–Crippen LogP) is 2.41. The SMILES string of the molecule is CC(C)[C@H](Nc1ncnc(N)c1C#N)C(C)(C)C. The first kappa shape index (κ1) is 14.2. The van der Waals surface area contributed by atoms with Gasteiger partial charge < -0.3 is 11.1 Å². The van der Waals surface area contributed by atoms with Gasteiger partial charge in [0.15, 0.2) is 0 Å². The fraction of sp³-hybridized carbons (Fsp3) is 0.615. The van der Waals surface area contributed by atoms with Crippen LogP contribution in [0.2, 0.25) is 0 Å². The Kier molecular flexibility index (Phi) is 4.12. The molecule has 0 saturated carbocycles. The lowest BCUT2D eigenvalue weighted by atomic mass is 9.80. The number of aromatic nitrogens is 2. The van der Waals surface area contributed by atoms with E-state index in [9.17, 15) is 0 Å². The molecule has 0 amide bonds. The summed E-state index contributed by atoms with van der Waals surface area (Å²) in [6, 6.07) is 2.24. The van der Waals surface area contributed by atoms with E-state index in [1.54, 1.807) is 0 Å². The lowest BCUT2D eigenvalue weighted by Crippen LogP contribution is -2.39. The van der Waals surface area contributed by atoms with Gasteiger partial charge in [-0.1, -0.05) is 34.6 Å². The maximum Gasteiger partial charge on any atom is 0.149 e. The van der Waals surface area contributed by atoms with Crippen LogP contribution in [0.5, 0.6) is 0 Å². The molecule has 1 atom stereocenters. The first-order valence-corrected chi connectivity index (χ1v) is 6.04. The summed E-state index contributed by atoms with van der Waals surface area (Å²) < 4.78 is 0. The number of nitrogen functional groups attached to an aromatic ring is 1. The fourth-order valence-electron chi connectivity index (χ4n) is 2.15. The lowest BCUT2D eigenvalue weighted by Gasteiger charge is -2.35. The molecule has 0 radical (unpaired) electrons. The molecule has 98 valence electrons. The summed E-state index contributed by atoms with van der Waals surface area (Å²) in [6.07, 6.45) is 1.37. The van der Waals surface area contributed by atoms with Gasteiger partial charge in [0.05, 0.1) is 0 Å². The number of rotatable bonds is 3. The molecular formula is C13H21N5. The minimum absolute atomic E-state index is 0.0562. The van der Waals surface area contributed by atoms with Gasteiger partial charge in [-0.05, 0) is 11.3 Å². The maximum atomic E-state index is 9.10. The summed E-state index contributed by atoms with van der Waals surface area (Å²) in [6.45, 7) is 10.7. The quantitative estimate of drug-likeness (QED) is 0.856. The Balaban J connectivity index is 3.10. The van der Waals surface area contributed by atoms with Crippen molar-refractivity contribution in [1.29, 1.82) is 5.26 Å². The van der Waals surface area contributed by atoms with Crippen LogP contribution in [0.25, 0.3) is 0 Å². The minimum Gasteiger partial charge on any atom is -0.382 e. The predicted molar refractivity (Wildman–Crippen MR) is 72.9 cm³/mol. The molecule has 0 fully saturated rings. The number of hydrogen-bond donors (Lipinski definition) is 2. The van der Waals surface area contributed by atoms with Crippen molar-refractivity contribution < 1.29 is 0 Å². The van der Waals surface area contributed by atoms with Gasteiger partial charge in [-0.15, -0.1) is 0 Å². The van der Waals surface area contributed by atoms with E-state index in [-0.39, 0.29) is 17.3 Å². The Morgan fingerprint density at radius 2 is 1.94 bits per heavy atom. The highest BCUT2D eigenvalue weighted by Crippen LogP contribution is 2.29. The van der Waals surface area contributed by atoms with Crippen LogP contribution in [0.1, 0.15) is 40.2 Å². The van der Waals surface area contributed by atoms with Crippen molar-refractivity contribution in [3.63, 3.8) is 0 Å². The molecule has 1 aromatic rings. The summed E-state index contributed by atoms with van der Waals surface area (Å²) >= 11 is 0. The highest BCUT2D eigenvalue weighted by molar-refractivity contribution is 5.62. The molecule has 1 aromatic heterocycles. The number of nitrogens with two attached hydrogens (primary N) is 1. The van der Waals surface area contributed by atoms with Crippen LogP contribution in [-0.2, 0) is 0 Å². The van der Waals surface area contributed by atoms with Gasteiger partial charge in [-0.2, -0.15) is 5.26 Å². The number of nitrogens with one attached hydrogen (secondary N) is 1. The highest BCUT2D eigenvalue weighted by Gasteiger charge is 2.28. The molecule has 0 unspecified atom stereocenters. The summed E-state index contributed by atoms with van der Waals surface area (Å²) in [7, 11) is 0. The molecule has 0 aliphatic carbocycles. The van der Waals surface area contributed by atoms with Crippen LogP contribution < -0.4 is 11.1 Å². The van der Waals surface area contributed by atoms with Crippen LogP contribution in [0.4, 0.5) is 11.6 Å². The Hall–Kier alpha value is -1.83. The molecule has 0 aromatic carbocycles. The standard InChI is InChI=1S/C13H21N5/c1-8(2)10(13(3,4)5)18-12-9(6-14)11(15)16-7-17-12/h7-8,10H,1-5H3,(H3,15,16,17,18)/t10-/m0/s1. The third-order valence-corrected chi connectivity index (χ3v) is 2.88. The van der Waals surface area contributed by atoms with E-state index in [1.807, 2.05) is 6.07 Å². The molecule has 0 aliphatic rings. The summed E-state index contributed by atoms with van der Waals surface area (Å²) in [4.78, 5) is 7.95. The Morgan fingerprint density at radius 1 is 1.33 bits per heavy atom. The second kappa shape index (κ2) is 5.21. The maximum absolute atomic E-state index is 9.10. The van der Waals surface area contributed by atoms with Crippen molar-refractivity contribution in [2.75, 3.05) is 11.1 Å². The molecular weight excluding hydrogens is 226 g/mol. The van der Waals surface area contributed by atoms with Crippen molar-refractivity contribution in [1.82, 2.24) is 9.97 Å². The van der Waals surface area contributed by atoms with E-state index in [1.165, 1.54) is 6.33 Å². The normalized spacial score (nSPS) is 13.2. The zero-order chi connectivity index (χ0) is 13.9. The van der Waals surface area contributed by atoms with Crippen molar-refractivity contribution >= 4 is 11.6 Å². The van der Waals surface area contributed by atoms with Gasteiger partial charge in [-0.3, -0.25) is 0 Å². The van der Waals surface area contributed by atoms with E-state index in [4.69, 9.17) is 11.0 Å². The first-order chi connectivity index (χ1) is 8.27. The second-order valence-electron chi connectivity index (χ2n) is 5.83. The van der Waals surface area contributed by atoms with Crippen molar-refractivity contribution in [2.24, 2.45) is 11.3 Å². The van der Waals surface area contributed by atoms with Crippen LogP contribution in [0, 0.1) is 22.7 Å². The van der Waals surface area contributed by atoms with E-state index in [0.29, 0.717) is 17.3 Å². The van der Waals surface area contributed by atoms with Gasteiger partial charge in [0.1, 0.15) is 29.6 Å². The highest BCUT2D eigenvalue weighted by atomic mass is 15.1. The molecule has 3 N–H and O–H groups in total. The third-order valence-electron chi connectivity index (χ3n) is 2.88. The van der Waals surface area contributed by atoms with E-state index in [2.05, 4.69) is 49.9 Å². The molecule has 1 rings (SSSR count). The van der Waals surface area contributed by atoms with Gasteiger partial charge in [0.25, 0.3) is 0 Å². The molecule has 0 spiro atoms. The summed E-state index contributed by atoms with van der Waals surface area (Å²) in [5.74, 6) is 1.14. The number of nitriles is 1. The molecule has 18 heavy (non-hydrogen) atoms. The van der Waals surface area contributed by atoms with Crippen molar-refractivity contribution in [3.05, 3.63) is 11.9 Å². The average Bonchev–Trinajstić information content (AvgIpc) is 2.23. The van der Waals surface area contributed by atoms with Crippen LogP contribution in [-0.4, -0.2) is 16.0 Å². The topological polar surface area (TPSA) is 87.6 Å². The Bertz CT molecular complexity index is 453. The van der Waals surface area contributed by atoms with Crippen LogP contribution in [0.15, 0.2) is 6.33 Å². The third kappa shape index (κ3) is 3.10. The van der Waals surface area contributed by atoms with Crippen LogP contribution in [0.3, 0.4) is 0 Å². The number of anilines is 2. The lowest BCUT2D eigenvalue weighted by molar-refractivity contribution is 0.280. The van der Waals surface area contributed by atoms with Gasteiger partial charge in [0.2, 0.25) is 0 Å². The molecule has 5 heteroatoms. The van der Waals surface area contributed by atoms with Crippen molar-refractivity contribution in [3.8, 4) is 6.07 Å². The molecule has 0 aliphatic heterocycles. The first-order valence-electron chi connectivity index (χ1n) is 6.04. The summed E-state index contributed by atoms with van der Waals surface area (Å²) in [5, 5.41) is 12.4. The molecule has 0 saturated heterocycles. The number of hydrogen-bond acceptors (Lipinski definition) is 5. The van der Waals surface area contributed by atoms with E-state index < -0.39 is 0 Å². The largest absolute Gasteiger partial charge is 0.382 e. The van der Waals surface area contributed by atoms with E-state index >= 15 is 0 Å². The fourth-order valence-corrected chi connectivity index (χ4v) is 2.15. The monoisotopic (exact) mass is 247 g/mol. The second-order valence-corrected chi connectivity index (χ2v) is 5.83. The zero-order valence-electron chi connectivity index (χ0n) is 11.7. The van der Waals surface area contributed by atoms with E-state index in [0.717, 1.165) is 0 Å². The molecule has 5 nitrogen and oxygen atoms in total. The average molecular weight is 247 g/mol. The van der Waals surface area contributed by atoms with Gasteiger partial charge >= 0.3 is 0 Å². The summed E-state index contributed by atoms with van der Waals surface area (Å²) in [5.41, 5.74) is 6.05. The van der Waals surface area contributed by atoms with Crippen molar-refractivity contribution in [2.45, 2.75) is 40.7 Å². The smallest absolute Gasteiger partial charge is 0.149 e. The Labute approximate surface area is 108 Å². The Morgan fingerprint density at radius 3 is 2.39 bits per heavy atom. The molecule has 0 bridgehead atoms. The van der Waals surface area contributed by atoms with Gasteiger partial charge in [0, 0.05) is 6.04 Å². The van der Waals surface area contributed by atoms with Gasteiger partial charge in [-0.25, -0.2) is 9.97 Å². The number of nitrogens with zero attached hydrogens (tertiary/aromatic N) is 3.